The standard InChI is InChI=1S/C13H15ClN2O2/c1-7(2)11-12(17)16(13(18)15-11)9-5-4-8(3)10(14)6-9/h4-7,11H,1-3H3,(H,15,18). The highest BCUT2D eigenvalue weighted by molar-refractivity contribution is 6.32. The smallest absolute Gasteiger partial charge is 0.325 e. The van der Waals surface area contributed by atoms with Crippen molar-refractivity contribution in [1.29, 1.82) is 0 Å². The summed E-state index contributed by atoms with van der Waals surface area (Å²) in [4.78, 5) is 25.1. The third-order valence-electron chi connectivity index (χ3n) is 3.05. The summed E-state index contributed by atoms with van der Waals surface area (Å²) in [6.07, 6.45) is 0. The summed E-state index contributed by atoms with van der Waals surface area (Å²) in [6.45, 7) is 5.66. The average Bonchev–Trinajstić information content (AvgIpc) is 2.59. The van der Waals surface area contributed by atoms with E-state index in [1.54, 1.807) is 18.2 Å². The third kappa shape index (κ3) is 2.08. The van der Waals surface area contributed by atoms with Crippen LogP contribution in [-0.4, -0.2) is 18.0 Å². The number of aryl methyl sites for hydroxylation is 1. The second kappa shape index (κ2) is 4.61. The van der Waals surface area contributed by atoms with Crippen LogP contribution in [0, 0.1) is 12.8 Å². The van der Waals surface area contributed by atoms with Gasteiger partial charge in [-0.3, -0.25) is 4.79 Å². The molecule has 4 nitrogen and oxygen atoms in total. The van der Waals surface area contributed by atoms with E-state index in [9.17, 15) is 9.59 Å². The van der Waals surface area contributed by atoms with Gasteiger partial charge < -0.3 is 5.32 Å². The molecule has 1 heterocycles. The summed E-state index contributed by atoms with van der Waals surface area (Å²) in [6, 6.07) is 4.30. The van der Waals surface area contributed by atoms with Gasteiger partial charge in [0.25, 0.3) is 5.91 Å². The lowest BCUT2D eigenvalue weighted by Crippen LogP contribution is -2.34. The van der Waals surface area contributed by atoms with E-state index >= 15 is 0 Å². The molecule has 96 valence electrons. The number of halogens is 1. The first-order valence-electron chi connectivity index (χ1n) is 5.82. The van der Waals surface area contributed by atoms with E-state index in [1.165, 1.54) is 0 Å². The zero-order chi connectivity index (χ0) is 13.4. The molecular formula is C13H15ClN2O2. The average molecular weight is 267 g/mol. The summed E-state index contributed by atoms with van der Waals surface area (Å²) in [7, 11) is 0. The molecule has 1 fully saturated rings. The van der Waals surface area contributed by atoms with Crippen molar-refractivity contribution in [3.8, 4) is 0 Å². The normalized spacial score (nSPS) is 19.6. The Bertz CT molecular complexity index is 514. The Morgan fingerprint density at radius 1 is 1.33 bits per heavy atom. The Hall–Kier alpha value is -1.55. The van der Waals surface area contributed by atoms with Gasteiger partial charge in [-0.15, -0.1) is 0 Å². The Morgan fingerprint density at radius 3 is 2.50 bits per heavy atom. The van der Waals surface area contributed by atoms with Crippen molar-refractivity contribution in [3.63, 3.8) is 0 Å². The Morgan fingerprint density at radius 2 is 2.00 bits per heavy atom. The Labute approximate surface area is 111 Å². The van der Waals surface area contributed by atoms with E-state index < -0.39 is 12.1 Å². The Kier molecular flexibility index (Phi) is 3.30. The molecule has 1 N–H and O–H groups in total. The first-order chi connectivity index (χ1) is 8.41. The highest BCUT2D eigenvalue weighted by atomic mass is 35.5. The second-order valence-electron chi connectivity index (χ2n) is 4.78. The fourth-order valence-electron chi connectivity index (χ4n) is 1.92. The number of anilines is 1. The zero-order valence-electron chi connectivity index (χ0n) is 10.5. The number of benzene rings is 1. The molecule has 18 heavy (non-hydrogen) atoms. The van der Waals surface area contributed by atoms with Crippen LogP contribution in [0.25, 0.3) is 0 Å². The lowest BCUT2D eigenvalue weighted by Gasteiger charge is -2.15. The van der Waals surface area contributed by atoms with Crippen LogP contribution in [0.15, 0.2) is 18.2 Å². The van der Waals surface area contributed by atoms with Crippen LogP contribution >= 0.6 is 11.6 Å². The largest absolute Gasteiger partial charge is 0.329 e. The van der Waals surface area contributed by atoms with Crippen LogP contribution in [-0.2, 0) is 4.79 Å². The lowest BCUT2D eigenvalue weighted by molar-refractivity contribution is -0.119. The van der Waals surface area contributed by atoms with E-state index in [1.807, 2.05) is 20.8 Å². The van der Waals surface area contributed by atoms with Crippen molar-refractivity contribution in [2.75, 3.05) is 4.90 Å². The van der Waals surface area contributed by atoms with Crippen LogP contribution in [0.4, 0.5) is 10.5 Å². The first kappa shape index (κ1) is 12.9. The number of hydrogen-bond acceptors (Lipinski definition) is 2. The van der Waals surface area contributed by atoms with Gasteiger partial charge in [-0.1, -0.05) is 31.5 Å². The minimum atomic E-state index is -0.461. The quantitative estimate of drug-likeness (QED) is 0.837. The highest BCUT2D eigenvalue weighted by Gasteiger charge is 2.40. The van der Waals surface area contributed by atoms with E-state index in [0.717, 1.165) is 10.5 Å². The molecule has 1 aromatic rings. The van der Waals surface area contributed by atoms with Crippen molar-refractivity contribution < 1.29 is 9.59 Å². The van der Waals surface area contributed by atoms with Gasteiger partial charge in [0.1, 0.15) is 6.04 Å². The van der Waals surface area contributed by atoms with E-state index in [2.05, 4.69) is 5.32 Å². The number of imide groups is 1. The molecule has 0 spiro atoms. The van der Waals surface area contributed by atoms with Crippen molar-refractivity contribution in [2.24, 2.45) is 5.92 Å². The molecule has 1 aromatic carbocycles. The van der Waals surface area contributed by atoms with Crippen molar-refractivity contribution in [2.45, 2.75) is 26.8 Å². The molecule has 1 atom stereocenters. The molecule has 1 saturated heterocycles. The van der Waals surface area contributed by atoms with Crippen LogP contribution < -0.4 is 10.2 Å². The molecule has 0 saturated carbocycles. The Balaban J connectivity index is 2.36. The van der Waals surface area contributed by atoms with Gasteiger partial charge >= 0.3 is 6.03 Å². The second-order valence-corrected chi connectivity index (χ2v) is 5.19. The first-order valence-corrected chi connectivity index (χ1v) is 6.20. The molecule has 1 aliphatic heterocycles. The summed E-state index contributed by atoms with van der Waals surface area (Å²) in [5.74, 6) is -0.165. The summed E-state index contributed by atoms with van der Waals surface area (Å²) < 4.78 is 0. The fourth-order valence-corrected chi connectivity index (χ4v) is 2.09. The van der Waals surface area contributed by atoms with Gasteiger partial charge in [-0.05, 0) is 30.5 Å². The minimum absolute atomic E-state index is 0.0624. The van der Waals surface area contributed by atoms with Crippen LogP contribution in [0.1, 0.15) is 19.4 Å². The number of nitrogens with one attached hydrogen (secondary N) is 1. The van der Waals surface area contributed by atoms with Gasteiger partial charge in [-0.2, -0.15) is 0 Å². The van der Waals surface area contributed by atoms with E-state index in [0.29, 0.717) is 10.7 Å². The number of nitrogens with zero attached hydrogens (tertiary/aromatic N) is 1. The molecule has 0 radical (unpaired) electrons. The molecule has 5 heteroatoms. The van der Waals surface area contributed by atoms with Crippen molar-refractivity contribution in [3.05, 3.63) is 28.8 Å². The molecule has 1 aliphatic rings. The zero-order valence-corrected chi connectivity index (χ0v) is 11.3. The number of urea groups is 1. The molecule has 0 aromatic heterocycles. The molecule has 1 unspecified atom stereocenters. The molecule has 2 rings (SSSR count). The van der Waals surface area contributed by atoms with E-state index in [4.69, 9.17) is 11.6 Å². The molecular weight excluding hydrogens is 252 g/mol. The van der Waals surface area contributed by atoms with Crippen molar-refractivity contribution >= 4 is 29.2 Å². The number of amides is 3. The maximum atomic E-state index is 12.2. The van der Waals surface area contributed by atoms with Crippen LogP contribution in [0.5, 0.6) is 0 Å². The summed E-state index contributed by atoms with van der Waals surface area (Å²) in [5, 5.41) is 3.22. The summed E-state index contributed by atoms with van der Waals surface area (Å²) in [5.41, 5.74) is 1.42. The van der Waals surface area contributed by atoms with E-state index in [-0.39, 0.29) is 11.8 Å². The SMILES string of the molecule is Cc1ccc(N2C(=O)NC(C(C)C)C2=O)cc1Cl. The van der Waals surface area contributed by atoms with Gasteiger partial charge in [0.15, 0.2) is 0 Å². The fraction of sp³-hybridized carbons (Fsp3) is 0.385. The van der Waals surface area contributed by atoms with Crippen LogP contribution in [0.3, 0.4) is 0 Å². The van der Waals surface area contributed by atoms with Gasteiger partial charge in [0.2, 0.25) is 0 Å². The molecule has 0 aliphatic carbocycles. The third-order valence-corrected chi connectivity index (χ3v) is 3.46. The molecule has 3 amide bonds. The predicted molar refractivity (Wildman–Crippen MR) is 70.8 cm³/mol. The van der Waals surface area contributed by atoms with Gasteiger partial charge in [0.05, 0.1) is 5.69 Å². The lowest BCUT2D eigenvalue weighted by atomic mass is 10.0. The maximum absolute atomic E-state index is 12.2. The maximum Gasteiger partial charge on any atom is 0.329 e. The predicted octanol–water partition coefficient (Wildman–Crippen LogP) is 2.73. The van der Waals surface area contributed by atoms with Gasteiger partial charge in [0, 0.05) is 5.02 Å². The highest BCUT2D eigenvalue weighted by Crippen LogP contribution is 2.26. The number of carbonyl (C=O) groups excluding carboxylic acids is 2. The summed E-state index contributed by atoms with van der Waals surface area (Å²) >= 11 is 6.02. The van der Waals surface area contributed by atoms with Crippen LogP contribution in [0.2, 0.25) is 5.02 Å². The minimum Gasteiger partial charge on any atom is -0.325 e. The van der Waals surface area contributed by atoms with Gasteiger partial charge in [-0.25, -0.2) is 9.69 Å². The molecule has 0 bridgehead atoms. The van der Waals surface area contributed by atoms with Crippen molar-refractivity contribution in [1.82, 2.24) is 5.32 Å². The number of carbonyl (C=O) groups is 2. The topological polar surface area (TPSA) is 49.4 Å². The number of rotatable bonds is 2. The monoisotopic (exact) mass is 266 g/mol. The number of hydrogen-bond donors (Lipinski definition) is 1.